The molecular weight excluding hydrogens is 338 g/mol. The third-order valence-electron chi connectivity index (χ3n) is 4.92. The van der Waals surface area contributed by atoms with Gasteiger partial charge in [-0.3, -0.25) is 9.59 Å². The summed E-state index contributed by atoms with van der Waals surface area (Å²) in [4.78, 5) is 26.4. The number of carbonyl (C=O) groups is 2. The van der Waals surface area contributed by atoms with Crippen LogP contribution in [0.15, 0.2) is 42.5 Å². The summed E-state index contributed by atoms with van der Waals surface area (Å²) in [6.07, 6.45) is 0. The molecule has 0 bridgehead atoms. The first-order chi connectivity index (χ1) is 11.9. The molecule has 25 heavy (non-hydrogen) atoms. The fourth-order valence-electron chi connectivity index (χ4n) is 3.58. The monoisotopic (exact) mass is 357 g/mol. The maximum atomic E-state index is 13.0. The second kappa shape index (κ2) is 6.89. The van der Waals surface area contributed by atoms with Gasteiger partial charge in [0.2, 0.25) is 0 Å². The quantitative estimate of drug-likeness (QED) is 0.906. The van der Waals surface area contributed by atoms with Crippen molar-refractivity contribution >= 4 is 23.5 Å². The van der Waals surface area contributed by atoms with E-state index in [4.69, 9.17) is 11.6 Å². The van der Waals surface area contributed by atoms with Crippen LogP contribution in [0.1, 0.15) is 33.0 Å². The lowest BCUT2D eigenvalue weighted by Crippen LogP contribution is -2.31. The molecule has 0 aromatic heterocycles. The van der Waals surface area contributed by atoms with Crippen LogP contribution in [0.3, 0.4) is 0 Å². The summed E-state index contributed by atoms with van der Waals surface area (Å²) >= 11 is 5.93. The fraction of sp³-hybridized carbons (Fsp3) is 0.300. The molecular formula is C20H20ClNO3. The Kier molecular flexibility index (Phi) is 4.82. The first kappa shape index (κ1) is 17.5. The number of carbonyl (C=O) groups excluding carboxylic acids is 1. The summed E-state index contributed by atoms with van der Waals surface area (Å²) in [6.45, 7) is 4.42. The van der Waals surface area contributed by atoms with Crippen molar-refractivity contribution in [2.45, 2.75) is 19.8 Å². The van der Waals surface area contributed by atoms with Crippen LogP contribution in [-0.2, 0) is 4.79 Å². The molecule has 2 aromatic carbocycles. The zero-order valence-corrected chi connectivity index (χ0v) is 15.0. The Balaban J connectivity index is 1.91. The highest BCUT2D eigenvalue weighted by Crippen LogP contribution is 2.34. The van der Waals surface area contributed by atoms with Gasteiger partial charge in [-0.15, -0.1) is 0 Å². The number of aryl methyl sites for hydroxylation is 2. The first-order valence-electron chi connectivity index (χ1n) is 8.22. The number of likely N-dealkylation sites (tertiary alicyclic amines) is 1. The second-order valence-corrected chi connectivity index (χ2v) is 7.02. The Bertz CT molecular complexity index is 796. The molecule has 1 amide bonds. The molecule has 0 spiro atoms. The lowest BCUT2D eigenvalue weighted by atomic mass is 9.89. The molecule has 1 aliphatic heterocycles. The van der Waals surface area contributed by atoms with Gasteiger partial charge in [0.05, 0.1) is 5.92 Å². The summed E-state index contributed by atoms with van der Waals surface area (Å²) in [6, 6.07) is 12.9. The molecule has 1 saturated heterocycles. The van der Waals surface area contributed by atoms with E-state index in [1.165, 1.54) is 0 Å². The van der Waals surface area contributed by atoms with Crippen LogP contribution in [0.2, 0.25) is 5.02 Å². The average molecular weight is 358 g/mol. The largest absolute Gasteiger partial charge is 0.481 e. The molecule has 0 unspecified atom stereocenters. The molecule has 2 aromatic rings. The predicted molar refractivity (Wildman–Crippen MR) is 97.1 cm³/mol. The number of nitrogens with zero attached hydrogens (tertiary/aromatic N) is 1. The van der Waals surface area contributed by atoms with Crippen molar-refractivity contribution in [2.75, 3.05) is 13.1 Å². The van der Waals surface area contributed by atoms with Gasteiger partial charge in [0.25, 0.3) is 5.91 Å². The summed E-state index contributed by atoms with van der Waals surface area (Å²) in [5.41, 5.74) is 3.38. The van der Waals surface area contributed by atoms with Gasteiger partial charge in [0.15, 0.2) is 0 Å². The van der Waals surface area contributed by atoms with Gasteiger partial charge in [-0.25, -0.2) is 0 Å². The van der Waals surface area contributed by atoms with Crippen molar-refractivity contribution in [3.63, 3.8) is 0 Å². The van der Waals surface area contributed by atoms with Crippen molar-refractivity contribution in [3.8, 4) is 0 Å². The molecule has 5 heteroatoms. The smallest absolute Gasteiger partial charge is 0.308 e. The molecule has 130 valence electrons. The SMILES string of the molecule is Cc1cccc(C)c1C(=O)N1C[C@@H](C(=O)O)[C@H](c2ccc(Cl)cc2)C1. The van der Waals surface area contributed by atoms with Crippen molar-refractivity contribution in [1.82, 2.24) is 4.90 Å². The van der Waals surface area contributed by atoms with Crippen molar-refractivity contribution in [1.29, 1.82) is 0 Å². The van der Waals surface area contributed by atoms with E-state index in [2.05, 4.69) is 0 Å². The minimum atomic E-state index is -0.878. The minimum absolute atomic E-state index is 0.0988. The van der Waals surface area contributed by atoms with E-state index in [0.717, 1.165) is 16.7 Å². The lowest BCUT2D eigenvalue weighted by Gasteiger charge is -2.19. The van der Waals surface area contributed by atoms with Gasteiger partial charge in [-0.2, -0.15) is 0 Å². The van der Waals surface area contributed by atoms with Crippen LogP contribution in [0.25, 0.3) is 0 Å². The fourth-order valence-corrected chi connectivity index (χ4v) is 3.70. The van der Waals surface area contributed by atoms with E-state index in [-0.39, 0.29) is 18.4 Å². The maximum absolute atomic E-state index is 13.0. The van der Waals surface area contributed by atoms with Gasteiger partial charge < -0.3 is 10.0 Å². The Labute approximate surface area is 152 Å². The number of aliphatic carboxylic acids is 1. The normalized spacial score (nSPS) is 19.9. The van der Waals surface area contributed by atoms with Crippen molar-refractivity contribution < 1.29 is 14.7 Å². The summed E-state index contributed by atoms with van der Waals surface area (Å²) < 4.78 is 0. The zero-order valence-electron chi connectivity index (χ0n) is 14.2. The number of halogens is 1. The molecule has 1 fully saturated rings. The number of amides is 1. The molecule has 1 aliphatic rings. The van der Waals surface area contributed by atoms with Crippen molar-refractivity contribution in [2.24, 2.45) is 5.92 Å². The highest BCUT2D eigenvalue weighted by molar-refractivity contribution is 6.30. The molecule has 0 aliphatic carbocycles. The minimum Gasteiger partial charge on any atom is -0.481 e. The van der Waals surface area contributed by atoms with Crippen LogP contribution < -0.4 is 0 Å². The summed E-state index contributed by atoms with van der Waals surface area (Å²) in [5.74, 6) is -1.83. The van der Waals surface area contributed by atoms with Gasteiger partial charge in [-0.1, -0.05) is 41.9 Å². The number of carboxylic acids is 1. The van der Waals surface area contributed by atoms with Gasteiger partial charge in [0, 0.05) is 29.6 Å². The number of carboxylic acid groups (broad SMARTS) is 1. The molecule has 3 rings (SSSR count). The number of rotatable bonds is 3. The standard InChI is InChI=1S/C20H20ClNO3/c1-12-4-3-5-13(2)18(12)19(23)22-10-16(17(11-22)20(24)25)14-6-8-15(21)9-7-14/h3-9,16-17H,10-11H2,1-2H3,(H,24,25)/t16-,17+/m0/s1. The lowest BCUT2D eigenvalue weighted by molar-refractivity contribution is -0.141. The van der Waals surface area contributed by atoms with E-state index >= 15 is 0 Å². The highest BCUT2D eigenvalue weighted by Gasteiger charge is 2.41. The molecule has 0 saturated carbocycles. The Morgan fingerprint density at radius 3 is 2.20 bits per heavy atom. The van der Waals surface area contributed by atoms with E-state index in [1.807, 2.05) is 44.2 Å². The van der Waals surface area contributed by atoms with Crippen LogP contribution in [0.5, 0.6) is 0 Å². The topological polar surface area (TPSA) is 57.6 Å². The third kappa shape index (κ3) is 3.40. The van der Waals surface area contributed by atoms with Crippen LogP contribution >= 0.6 is 11.6 Å². The van der Waals surface area contributed by atoms with Crippen LogP contribution in [0, 0.1) is 19.8 Å². The van der Waals surface area contributed by atoms with E-state index in [9.17, 15) is 14.7 Å². The number of benzene rings is 2. The van der Waals surface area contributed by atoms with E-state index in [0.29, 0.717) is 17.1 Å². The molecule has 2 atom stereocenters. The number of hydrogen-bond acceptors (Lipinski definition) is 2. The second-order valence-electron chi connectivity index (χ2n) is 6.58. The van der Waals surface area contributed by atoms with Crippen LogP contribution in [0.4, 0.5) is 0 Å². The molecule has 1 heterocycles. The molecule has 0 radical (unpaired) electrons. The molecule has 4 nitrogen and oxygen atoms in total. The van der Waals surface area contributed by atoms with Gasteiger partial charge in [-0.05, 0) is 42.7 Å². The zero-order chi connectivity index (χ0) is 18.1. The first-order valence-corrected chi connectivity index (χ1v) is 8.60. The van der Waals surface area contributed by atoms with Crippen LogP contribution in [-0.4, -0.2) is 35.0 Å². The molecule has 1 N–H and O–H groups in total. The van der Waals surface area contributed by atoms with E-state index < -0.39 is 11.9 Å². The highest BCUT2D eigenvalue weighted by atomic mass is 35.5. The Morgan fingerprint density at radius 1 is 1.04 bits per heavy atom. The predicted octanol–water partition coefficient (Wildman–Crippen LogP) is 3.90. The van der Waals surface area contributed by atoms with Gasteiger partial charge in [0.1, 0.15) is 0 Å². The summed E-state index contributed by atoms with van der Waals surface area (Å²) in [7, 11) is 0. The van der Waals surface area contributed by atoms with E-state index in [1.54, 1.807) is 17.0 Å². The summed E-state index contributed by atoms with van der Waals surface area (Å²) in [5, 5.41) is 10.2. The number of hydrogen-bond donors (Lipinski definition) is 1. The van der Waals surface area contributed by atoms with Crippen molar-refractivity contribution in [3.05, 3.63) is 69.7 Å². The third-order valence-corrected chi connectivity index (χ3v) is 5.17. The van der Waals surface area contributed by atoms with Gasteiger partial charge >= 0.3 is 5.97 Å². The Morgan fingerprint density at radius 2 is 1.64 bits per heavy atom. The average Bonchev–Trinajstić information content (AvgIpc) is 3.01. The Hall–Kier alpha value is -2.33. The maximum Gasteiger partial charge on any atom is 0.308 e.